The zero-order chi connectivity index (χ0) is 25.1. The third kappa shape index (κ3) is 7.71. The van der Waals surface area contributed by atoms with Crippen LogP contribution in [0.2, 0.25) is 23.2 Å². The van der Waals surface area contributed by atoms with E-state index in [0.717, 1.165) is 18.4 Å². The Kier molecular flexibility index (Phi) is 9.11. The van der Waals surface area contributed by atoms with Crippen molar-refractivity contribution >= 4 is 26.0 Å². The Bertz CT molecular complexity index is 802. The molecule has 1 aliphatic rings. The van der Waals surface area contributed by atoms with Crippen LogP contribution < -0.4 is 0 Å². The first-order valence-corrected chi connectivity index (χ1v) is 15.4. The minimum Gasteiger partial charge on any atom is -0.444 e. The second kappa shape index (κ2) is 10.7. The van der Waals surface area contributed by atoms with Gasteiger partial charge in [0.05, 0.1) is 18.8 Å². The predicted molar refractivity (Wildman–Crippen MR) is 138 cm³/mol. The molecule has 7 heteroatoms. The van der Waals surface area contributed by atoms with Gasteiger partial charge in [-0.05, 0) is 76.4 Å². The van der Waals surface area contributed by atoms with Crippen molar-refractivity contribution < 1.29 is 18.7 Å². The van der Waals surface area contributed by atoms with E-state index in [2.05, 4.69) is 46.9 Å². The smallest absolute Gasteiger partial charge is 0.410 e. The van der Waals surface area contributed by atoms with E-state index in [-0.39, 0.29) is 17.0 Å². The fraction of sp³-hybridized carbons (Fsp3) is 0.731. The van der Waals surface area contributed by atoms with Gasteiger partial charge in [0.25, 0.3) is 0 Å². The van der Waals surface area contributed by atoms with Crippen LogP contribution in [-0.2, 0) is 19.5 Å². The molecule has 1 aliphatic heterocycles. The van der Waals surface area contributed by atoms with Crippen LogP contribution in [-0.4, -0.2) is 51.2 Å². The van der Waals surface area contributed by atoms with E-state index in [9.17, 15) is 4.79 Å². The first kappa shape index (κ1) is 28.2. The molecule has 2 unspecified atom stereocenters. The molecule has 1 heterocycles. The predicted octanol–water partition coefficient (Wildman–Crippen LogP) is 7.24. The average Bonchev–Trinajstić information content (AvgIpc) is 2.69. The molecule has 0 N–H and O–H groups in total. The van der Waals surface area contributed by atoms with Crippen LogP contribution in [0.5, 0.6) is 0 Å². The van der Waals surface area contributed by atoms with Gasteiger partial charge in [0.2, 0.25) is 0 Å². The summed E-state index contributed by atoms with van der Waals surface area (Å²) in [7, 11) is -1.85. The minimum absolute atomic E-state index is 0.116. The van der Waals surface area contributed by atoms with Crippen molar-refractivity contribution in [3.63, 3.8) is 0 Å². The van der Waals surface area contributed by atoms with Gasteiger partial charge in [-0.1, -0.05) is 44.5 Å². The van der Waals surface area contributed by atoms with E-state index in [1.807, 2.05) is 43.9 Å². The maximum Gasteiger partial charge on any atom is 0.410 e. The highest BCUT2D eigenvalue weighted by Gasteiger charge is 2.42. The van der Waals surface area contributed by atoms with Crippen molar-refractivity contribution in [1.29, 1.82) is 0 Å². The molecule has 0 aliphatic carbocycles. The molecular formula is C26H44ClNO4Si. The van der Waals surface area contributed by atoms with Gasteiger partial charge < -0.3 is 18.8 Å². The summed E-state index contributed by atoms with van der Waals surface area (Å²) in [5.41, 5.74) is -0.0846. The number of rotatable bonds is 7. The average molecular weight is 498 g/mol. The summed E-state index contributed by atoms with van der Waals surface area (Å²) < 4.78 is 18.6. The van der Waals surface area contributed by atoms with E-state index < -0.39 is 19.5 Å². The Morgan fingerprint density at radius 1 is 1.12 bits per heavy atom. The van der Waals surface area contributed by atoms with Crippen LogP contribution in [0.25, 0.3) is 0 Å². The molecule has 0 bridgehead atoms. The first-order chi connectivity index (χ1) is 15.1. The molecule has 0 radical (unpaired) electrons. The van der Waals surface area contributed by atoms with Crippen molar-refractivity contribution in [3.05, 3.63) is 34.9 Å². The lowest BCUT2D eigenvalue weighted by atomic mass is 9.78. The van der Waals surface area contributed by atoms with Gasteiger partial charge in [-0.2, -0.15) is 0 Å². The number of carbonyl (C=O) groups excluding carboxylic acids is 1. The molecule has 1 saturated heterocycles. The maximum absolute atomic E-state index is 12.8. The number of carbonyl (C=O) groups is 1. The summed E-state index contributed by atoms with van der Waals surface area (Å²) in [5.74, 6) is 0.116. The van der Waals surface area contributed by atoms with E-state index >= 15 is 0 Å². The van der Waals surface area contributed by atoms with Gasteiger partial charge in [0, 0.05) is 24.0 Å². The topological polar surface area (TPSA) is 48.0 Å². The van der Waals surface area contributed by atoms with Gasteiger partial charge in [0.1, 0.15) is 5.60 Å². The Morgan fingerprint density at radius 3 is 2.36 bits per heavy atom. The highest BCUT2D eigenvalue weighted by Crippen LogP contribution is 2.40. The molecule has 33 heavy (non-hydrogen) atoms. The number of hydrogen-bond acceptors (Lipinski definition) is 4. The highest BCUT2D eigenvalue weighted by molar-refractivity contribution is 6.74. The maximum atomic E-state index is 12.8. The monoisotopic (exact) mass is 497 g/mol. The standard InChI is InChI=1S/C26H44ClNO4Si/c1-24(2,3)32-23(29)28-15-11-13-21(19-28)26(7,20-12-10-14-22(27)18-20)30-16-17-31-33(8,9)25(4,5)6/h10,12,14,18,21H,11,13,15-17,19H2,1-9H3. The molecule has 0 saturated carbocycles. The molecule has 1 aromatic carbocycles. The van der Waals surface area contributed by atoms with Crippen LogP contribution in [0.3, 0.4) is 0 Å². The Morgan fingerprint density at radius 2 is 1.79 bits per heavy atom. The van der Waals surface area contributed by atoms with Crippen LogP contribution in [0, 0.1) is 5.92 Å². The Labute approximate surface area is 207 Å². The van der Waals surface area contributed by atoms with Gasteiger partial charge in [0.15, 0.2) is 8.32 Å². The second-order valence-corrected chi connectivity index (χ2v) is 17.1. The lowest BCUT2D eigenvalue weighted by Gasteiger charge is -2.44. The number of likely N-dealkylation sites (tertiary alicyclic amines) is 1. The highest BCUT2D eigenvalue weighted by atomic mass is 35.5. The number of piperidine rings is 1. The molecule has 2 rings (SSSR count). The summed E-state index contributed by atoms with van der Waals surface area (Å²) in [4.78, 5) is 14.6. The minimum atomic E-state index is -1.85. The lowest BCUT2D eigenvalue weighted by Crippen LogP contribution is -2.49. The van der Waals surface area contributed by atoms with Crippen molar-refractivity contribution in [1.82, 2.24) is 4.90 Å². The third-order valence-electron chi connectivity index (χ3n) is 7.00. The molecule has 0 spiro atoms. The number of benzene rings is 1. The van der Waals surface area contributed by atoms with E-state index in [1.165, 1.54) is 0 Å². The number of amides is 1. The molecular weight excluding hydrogens is 454 g/mol. The second-order valence-electron chi connectivity index (χ2n) is 11.8. The molecule has 5 nitrogen and oxygen atoms in total. The van der Waals surface area contributed by atoms with Crippen LogP contribution in [0.15, 0.2) is 24.3 Å². The van der Waals surface area contributed by atoms with Gasteiger partial charge in [-0.25, -0.2) is 4.79 Å². The number of halogens is 1. The Hall–Kier alpha value is -1.08. The number of ether oxygens (including phenoxy) is 2. The largest absolute Gasteiger partial charge is 0.444 e. The summed E-state index contributed by atoms with van der Waals surface area (Å²) in [6.07, 6.45) is 1.61. The van der Waals surface area contributed by atoms with Crippen LogP contribution in [0.1, 0.15) is 66.9 Å². The zero-order valence-corrected chi connectivity index (χ0v) is 23.8. The van der Waals surface area contributed by atoms with Gasteiger partial charge >= 0.3 is 6.09 Å². The van der Waals surface area contributed by atoms with Gasteiger partial charge in [-0.15, -0.1) is 0 Å². The van der Waals surface area contributed by atoms with E-state index in [1.54, 1.807) is 0 Å². The first-order valence-electron chi connectivity index (χ1n) is 12.1. The van der Waals surface area contributed by atoms with Crippen molar-refractivity contribution in [2.24, 2.45) is 5.92 Å². The third-order valence-corrected chi connectivity index (χ3v) is 11.8. The van der Waals surface area contributed by atoms with Gasteiger partial charge in [-0.3, -0.25) is 0 Å². The van der Waals surface area contributed by atoms with Crippen molar-refractivity contribution in [2.75, 3.05) is 26.3 Å². The molecule has 0 aromatic heterocycles. The molecule has 188 valence electrons. The van der Waals surface area contributed by atoms with E-state index in [4.69, 9.17) is 25.5 Å². The number of nitrogens with zero attached hydrogens (tertiary/aromatic N) is 1. The molecule has 1 fully saturated rings. The summed E-state index contributed by atoms with van der Waals surface area (Å²) in [5, 5.41) is 0.834. The fourth-order valence-corrected chi connectivity index (χ4v) is 5.14. The molecule has 1 amide bonds. The SMILES string of the molecule is CC(C)(C)OC(=O)N1CCCC(C(C)(OCCO[Si](C)(C)C(C)(C)C)c2cccc(Cl)c2)C1. The lowest BCUT2D eigenvalue weighted by molar-refractivity contribution is -0.105. The summed E-state index contributed by atoms with van der Waals surface area (Å²) in [6, 6.07) is 7.87. The summed E-state index contributed by atoms with van der Waals surface area (Å²) in [6.45, 7) is 21.4. The van der Waals surface area contributed by atoms with E-state index in [0.29, 0.717) is 31.3 Å². The normalized spacial score (nSPS) is 19.8. The molecule has 1 aromatic rings. The fourth-order valence-electron chi connectivity index (χ4n) is 3.92. The number of hydrogen-bond donors (Lipinski definition) is 0. The van der Waals surface area contributed by atoms with Crippen molar-refractivity contribution in [3.8, 4) is 0 Å². The van der Waals surface area contributed by atoms with Crippen LogP contribution in [0.4, 0.5) is 4.79 Å². The quantitative estimate of drug-likeness (QED) is 0.294. The summed E-state index contributed by atoms with van der Waals surface area (Å²) >= 11 is 6.35. The van der Waals surface area contributed by atoms with Crippen molar-refractivity contribution in [2.45, 2.75) is 90.6 Å². The Balaban J connectivity index is 2.19. The zero-order valence-electron chi connectivity index (χ0n) is 22.1. The van der Waals surface area contributed by atoms with Crippen LogP contribution >= 0.6 is 11.6 Å². The molecule has 2 atom stereocenters.